The van der Waals surface area contributed by atoms with Gasteiger partial charge in [0.25, 0.3) is 0 Å². The highest BCUT2D eigenvalue weighted by atomic mass is 32.2. The summed E-state index contributed by atoms with van der Waals surface area (Å²) in [6.45, 7) is 5.39. The lowest BCUT2D eigenvalue weighted by atomic mass is 9.96. The average molecular weight is 1690 g/mol. The smallest absolute Gasteiger partial charge is 0.305 e. The van der Waals surface area contributed by atoms with Crippen LogP contribution in [-0.2, 0) is 91.2 Å². The SMILES string of the molecule is CCCC[C@@H]1NC(=O)[C@H](Cc2c[nH]c3ccccc23)NC(=O)[C@H](CC(=O)O)NC(=O)[C@H](CCCCN)NC(=O)CNC(=O)[C@H](CO)NC(=O)[C@H]([C@@H](C)CC)NC(=O)[C@H](Cc2ccc3ccccc3c2)NC(=O)[C@H](CO)NC(=O)CSC[C@@H](C(N)=O)NC(=O)[C@H](C(C)C)NC(=O)[C@H](Cc2c[nH]c3ccccc23)NC(=O)[C@H](CCCNC(=N)N)NC1=O. The minimum Gasteiger partial charge on any atom is -0.481 e. The standard InChI is InChI=1S/C81H112N20O18S/c1-6-8-22-55-72(111)92-56(26-17-30-86-81(84)85)73(112)95-59(34-49-37-88-53-24-14-12-21-51(49)53)77(116)100-67(43(3)4)79(118)99-63(69(83)108)41-120-42-65(105)91-62(40-103)78(117)94-57(32-45-27-28-46-18-9-10-19-47(46)31-45)76(115)101-68(44(5)7-2)80(119)98-61(39-102)70(109)89-38-64(104)90-54(25-15-16-29-82)71(110)97-60(35-66(106)107)75(114)96-58(74(113)93-55)33-48-36-87-52-23-13-11-20-50(48)52/h9-14,18-21,23-24,27-28,31,36-37,43-44,54-63,67-68,87-88,102-103H,6-8,15-17,22,25-26,29-30,32-35,38-42,82H2,1-5H3,(H2,83,108)(H,89,109)(H,90,104)(H,91,105)(H,92,111)(H,93,113)(H,94,117)(H,95,112)(H,96,114)(H,97,110)(H,98,119)(H,99,118)(H,100,116)(H,101,115)(H,106,107)(H4,84,85,86)/t44-,54-,55-,56-,57-,58-,59-,60-,61-,62-,63-,67-,68-/m0/s1. The van der Waals surface area contributed by atoms with Gasteiger partial charge in [-0.3, -0.25) is 77.3 Å². The number of carbonyl (C=O) groups excluding carboxylic acids is 14. The number of aromatic nitrogens is 2. The van der Waals surface area contributed by atoms with Crippen molar-refractivity contribution in [1.29, 1.82) is 5.41 Å². The lowest BCUT2D eigenvalue weighted by Gasteiger charge is -2.29. The molecule has 26 N–H and O–H groups in total. The van der Waals surface area contributed by atoms with Gasteiger partial charge in [0, 0.05) is 65.8 Å². The number of thioether (sulfide) groups is 1. The molecule has 4 aromatic carbocycles. The van der Waals surface area contributed by atoms with E-state index in [0.717, 1.165) is 22.5 Å². The first-order chi connectivity index (χ1) is 57.3. The van der Waals surface area contributed by atoms with Crippen LogP contribution in [-0.4, -0.2) is 237 Å². The number of aliphatic carboxylic acids is 1. The third-order valence-corrected chi connectivity index (χ3v) is 21.4. The molecule has 14 amide bonds. The zero-order chi connectivity index (χ0) is 87.7. The molecule has 650 valence electrons. The number of rotatable bonds is 25. The molecule has 0 radical (unpaired) electrons. The van der Waals surface area contributed by atoms with Gasteiger partial charge in [0.15, 0.2) is 5.96 Å². The molecule has 6 aromatic rings. The number of H-pyrrole nitrogens is 2. The first kappa shape index (κ1) is 94.9. The fraction of sp³-hybridized carbons (Fsp3) is 0.481. The van der Waals surface area contributed by atoms with Crippen molar-refractivity contribution >= 4 is 139 Å². The highest BCUT2D eigenvalue weighted by Crippen LogP contribution is 2.24. The number of aromatic amines is 2. The third-order valence-electron chi connectivity index (χ3n) is 20.3. The summed E-state index contributed by atoms with van der Waals surface area (Å²) in [4.78, 5) is 221. The fourth-order valence-electron chi connectivity index (χ4n) is 13.4. The van der Waals surface area contributed by atoms with Crippen LogP contribution in [0, 0.1) is 17.2 Å². The van der Waals surface area contributed by atoms with Gasteiger partial charge >= 0.3 is 5.97 Å². The molecule has 1 saturated heterocycles. The molecule has 0 unspecified atom stereocenters. The van der Waals surface area contributed by atoms with Gasteiger partial charge in [0.1, 0.15) is 72.5 Å². The lowest BCUT2D eigenvalue weighted by Crippen LogP contribution is -2.61. The highest BCUT2D eigenvalue weighted by Gasteiger charge is 2.39. The van der Waals surface area contributed by atoms with E-state index in [9.17, 15) is 68.1 Å². The second kappa shape index (κ2) is 47.4. The maximum absolute atomic E-state index is 15.1. The van der Waals surface area contributed by atoms with Crippen LogP contribution in [0.5, 0.6) is 0 Å². The summed E-state index contributed by atoms with van der Waals surface area (Å²) in [5.41, 5.74) is 20.0. The van der Waals surface area contributed by atoms with E-state index in [1.54, 1.807) is 120 Å². The summed E-state index contributed by atoms with van der Waals surface area (Å²) in [6, 6.07) is 7.16. The van der Waals surface area contributed by atoms with Gasteiger partial charge in [-0.1, -0.05) is 133 Å². The zero-order valence-corrected chi connectivity index (χ0v) is 68.5. The lowest BCUT2D eigenvalue weighted by molar-refractivity contribution is -0.141. The Kier molecular flexibility index (Phi) is 37.5. The second-order valence-corrected chi connectivity index (χ2v) is 30.9. The number of hydrogen-bond donors (Lipinski definition) is 23. The minimum atomic E-state index is -1.98. The van der Waals surface area contributed by atoms with Gasteiger partial charge in [-0.2, -0.15) is 0 Å². The van der Waals surface area contributed by atoms with E-state index < -0.39 is 211 Å². The number of carbonyl (C=O) groups is 15. The number of nitrogens with one attached hydrogen (secondary N) is 17. The number of unbranched alkanes of at least 4 members (excludes halogenated alkanes) is 2. The Morgan fingerprint density at radius 2 is 0.958 bits per heavy atom. The molecular weight excluding hydrogens is 1570 g/mol. The van der Waals surface area contributed by atoms with E-state index in [1.165, 1.54) is 0 Å². The number of nitrogens with two attached hydrogens (primary N) is 3. The highest BCUT2D eigenvalue weighted by molar-refractivity contribution is 8.00. The van der Waals surface area contributed by atoms with Crippen molar-refractivity contribution in [3.8, 4) is 0 Å². The van der Waals surface area contributed by atoms with Crippen LogP contribution in [0.1, 0.15) is 116 Å². The topological polar surface area (TPSA) is 619 Å². The molecule has 0 saturated carbocycles. The molecule has 0 bridgehead atoms. The average Bonchev–Trinajstić information content (AvgIpc) is 1.57. The number of para-hydroxylation sites is 2. The molecule has 2 aromatic heterocycles. The number of amides is 14. The fourth-order valence-corrected chi connectivity index (χ4v) is 14.3. The number of aliphatic hydroxyl groups excluding tert-OH is 2. The summed E-state index contributed by atoms with van der Waals surface area (Å²) in [5.74, 6) is -18.5. The molecule has 7 rings (SSSR count). The Labute approximate surface area is 696 Å². The molecule has 38 nitrogen and oxygen atoms in total. The maximum atomic E-state index is 15.1. The first-order valence-corrected chi connectivity index (χ1v) is 41.1. The number of hydrogen-bond acceptors (Lipinski definition) is 20. The minimum absolute atomic E-state index is 0.00359. The molecule has 13 atom stereocenters. The van der Waals surface area contributed by atoms with Crippen molar-refractivity contribution in [2.24, 2.45) is 29.0 Å². The van der Waals surface area contributed by atoms with Crippen molar-refractivity contribution in [3.05, 3.63) is 120 Å². The van der Waals surface area contributed by atoms with Gasteiger partial charge in [-0.25, -0.2) is 0 Å². The molecule has 1 aliphatic rings. The quantitative estimate of drug-likeness (QED) is 0.0163. The summed E-state index contributed by atoms with van der Waals surface area (Å²) in [6.07, 6.45) is 2.37. The molecule has 1 aliphatic heterocycles. The predicted molar refractivity (Wildman–Crippen MR) is 447 cm³/mol. The Morgan fingerprint density at radius 3 is 1.50 bits per heavy atom. The number of carboxylic acid groups (broad SMARTS) is 1. The number of aliphatic hydroxyl groups is 2. The van der Waals surface area contributed by atoms with Gasteiger partial charge in [-0.15, -0.1) is 11.8 Å². The Balaban J connectivity index is 1.26. The van der Waals surface area contributed by atoms with Crippen molar-refractivity contribution < 1.29 is 87.2 Å². The third kappa shape index (κ3) is 28.8. The van der Waals surface area contributed by atoms with Crippen LogP contribution >= 0.6 is 11.8 Å². The van der Waals surface area contributed by atoms with E-state index in [2.05, 4.69) is 84.4 Å². The van der Waals surface area contributed by atoms with Gasteiger partial charge in [0.05, 0.1) is 31.9 Å². The molecule has 39 heteroatoms. The summed E-state index contributed by atoms with van der Waals surface area (Å²) in [5, 5.41) is 78.0. The van der Waals surface area contributed by atoms with Gasteiger partial charge in [-0.05, 0) is 96.5 Å². The van der Waals surface area contributed by atoms with E-state index in [-0.39, 0.29) is 83.1 Å². The van der Waals surface area contributed by atoms with Crippen LogP contribution in [0.4, 0.5) is 0 Å². The monoisotopic (exact) mass is 1680 g/mol. The Hall–Kier alpha value is -12.2. The number of carboxylic acids is 1. The van der Waals surface area contributed by atoms with Gasteiger partial charge in [0.2, 0.25) is 82.7 Å². The van der Waals surface area contributed by atoms with E-state index in [0.29, 0.717) is 51.3 Å². The molecule has 1 fully saturated rings. The molecular formula is C81H112N20O18S. The summed E-state index contributed by atoms with van der Waals surface area (Å²) >= 11 is 0.777. The number of benzene rings is 4. The zero-order valence-electron chi connectivity index (χ0n) is 67.6. The largest absolute Gasteiger partial charge is 0.481 e. The van der Waals surface area contributed by atoms with Gasteiger partial charge < -0.3 is 117 Å². The van der Waals surface area contributed by atoms with Crippen LogP contribution in [0.15, 0.2) is 103 Å². The van der Waals surface area contributed by atoms with Crippen LogP contribution in [0.2, 0.25) is 0 Å². The van der Waals surface area contributed by atoms with Crippen LogP contribution in [0.3, 0.4) is 0 Å². The Morgan fingerprint density at radius 1 is 0.500 bits per heavy atom. The second-order valence-electron chi connectivity index (χ2n) is 29.9. The summed E-state index contributed by atoms with van der Waals surface area (Å²) < 4.78 is 0. The van der Waals surface area contributed by atoms with E-state index >= 15 is 19.2 Å². The molecule has 3 heterocycles. The number of primary amides is 1. The molecule has 0 spiro atoms. The Bertz CT molecular complexity index is 4620. The number of fused-ring (bicyclic) bond motifs is 3. The maximum Gasteiger partial charge on any atom is 0.305 e. The van der Waals surface area contributed by atoms with Crippen molar-refractivity contribution in [3.63, 3.8) is 0 Å². The predicted octanol–water partition coefficient (Wildman–Crippen LogP) is -2.26. The normalized spacial score (nSPS) is 23.3. The van der Waals surface area contributed by atoms with Crippen LogP contribution < -0.4 is 91.6 Å². The van der Waals surface area contributed by atoms with E-state index in [1.807, 2.05) is 18.2 Å². The van der Waals surface area contributed by atoms with Crippen molar-refractivity contribution in [2.45, 2.75) is 191 Å². The van der Waals surface area contributed by atoms with Crippen molar-refractivity contribution in [1.82, 2.24) is 84.4 Å². The number of guanidine groups is 1. The first-order valence-electron chi connectivity index (χ1n) is 39.9. The van der Waals surface area contributed by atoms with Crippen molar-refractivity contribution in [2.75, 3.05) is 44.4 Å². The summed E-state index contributed by atoms with van der Waals surface area (Å²) in [7, 11) is 0. The van der Waals surface area contributed by atoms with E-state index in [4.69, 9.17) is 22.6 Å². The molecule has 120 heavy (non-hydrogen) atoms. The molecule has 0 aliphatic carbocycles. The van der Waals surface area contributed by atoms with Crippen LogP contribution in [0.25, 0.3) is 32.6 Å².